The Morgan fingerprint density at radius 2 is 1.58 bits per heavy atom. The molecule has 4 heterocycles. The zero-order valence-electron chi connectivity index (χ0n) is 15.2. The molecule has 1 aliphatic heterocycles. The Balaban J connectivity index is 1.38. The minimum atomic E-state index is 0.760. The maximum Gasteiger partial charge on any atom is 0.176 e. The number of aromatic nitrogens is 5. The largest absolute Gasteiger partial charge is 0.353 e. The molecule has 1 aliphatic rings. The van der Waals surface area contributed by atoms with Crippen LogP contribution in [-0.2, 0) is 6.54 Å². The lowest BCUT2D eigenvalue weighted by Crippen LogP contribution is -2.46. The molecule has 1 fully saturated rings. The Morgan fingerprint density at radius 1 is 0.885 bits per heavy atom. The van der Waals surface area contributed by atoms with Gasteiger partial charge in [0.15, 0.2) is 11.6 Å². The smallest absolute Gasteiger partial charge is 0.176 e. The van der Waals surface area contributed by atoms with E-state index in [2.05, 4.69) is 42.2 Å². The second kappa shape index (κ2) is 7.21. The van der Waals surface area contributed by atoms with E-state index in [9.17, 15) is 0 Å². The fourth-order valence-electron chi connectivity index (χ4n) is 3.34. The standard InChI is InChI=1S/C19H23N7/c1-15-13-16(2)26(23-15)19-4-3-18(21-22-19)25-11-9-24(10-12-25)14-17-5-7-20-8-6-17/h3-8,13H,9-12,14H2,1-2H3. The van der Waals surface area contributed by atoms with Crippen molar-refractivity contribution in [3.63, 3.8) is 0 Å². The first-order valence-corrected chi connectivity index (χ1v) is 8.92. The molecule has 0 radical (unpaired) electrons. The normalized spacial score (nSPS) is 15.4. The van der Waals surface area contributed by atoms with Crippen LogP contribution < -0.4 is 4.90 Å². The first-order valence-electron chi connectivity index (χ1n) is 8.92. The van der Waals surface area contributed by atoms with E-state index in [0.29, 0.717) is 0 Å². The van der Waals surface area contributed by atoms with Crippen molar-refractivity contribution >= 4 is 5.82 Å². The van der Waals surface area contributed by atoms with E-state index in [1.54, 1.807) is 0 Å². The Morgan fingerprint density at radius 3 is 2.19 bits per heavy atom. The Hall–Kier alpha value is -2.80. The molecule has 4 rings (SSSR count). The Bertz CT molecular complexity index is 849. The molecule has 0 saturated carbocycles. The minimum Gasteiger partial charge on any atom is -0.353 e. The van der Waals surface area contributed by atoms with Gasteiger partial charge in [-0.3, -0.25) is 9.88 Å². The lowest BCUT2D eigenvalue weighted by Gasteiger charge is -2.35. The molecule has 7 heteroatoms. The van der Waals surface area contributed by atoms with Gasteiger partial charge in [0, 0.05) is 50.8 Å². The van der Waals surface area contributed by atoms with Gasteiger partial charge in [0.2, 0.25) is 0 Å². The van der Waals surface area contributed by atoms with Crippen molar-refractivity contribution < 1.29 is 0 Å². The molecule has 0 N–H and O–H groups in total. The fraction of sp³-hybridized carbons (Fsp3) is 0.368. The number of anilines is 1. The van der Waals surface area contributed by atoms with Gasteiger partial charge in [0.25, 0.3) is 0 Å². The summed E-state index contributed by atoms with van der Waals surface area (Å²) in [6.07, 6.45) is 3.71. The van der Waals surface area contributed by atoms with E-state index >= 15 is 0 Å². The molecule has 26 heavy (non-hydrogen) atoms. The molecular formula is C19H23N7. The Kier molecular flexibility index (Phi) is 4.62. The van der Waals surface area contributed by atoms with Crippen molar-refractivity contribution in [2.45, 2.75) is 20.4 Å². The van der Waals surface area contributed by atoms with E-state index < -0.39 is 0 Å². The van der Waals surface area contributed by atoms with E-state index in [4.69, 9.17) is 0 Å². The van der Waals surface area contributed by atoms with Crippen molar-refractivity contribution in [2.75, 3.05) is 31.1 Å². The summed E-state index contributed by atoms with van der Waals surface area (Å²) in [6, 6.07) is 10.2. The number of aryl methyl sites for hydroxylation is 2. The summed E-state index contributed by atoms with van der Waals surface area (Å²) in [5.74, 6) is 1.69. The highest BCUT2D eigenvalue weighted by atomic mass is 15.4. The van der Waals surface area contributed by atoms with Crippen LogP contribution in [0.2, 0.25) is 0 Å². The topological polar surface area (TPSA) is 63.0 Å². The zero-order chi connectivity index (χ0) is 17.9. The molecule has 0 aliphatic carbocycles. The number of rotatable bonds is 4. The summed E-state index contributed by atoms with van der Waals surface area (Å²) in [5.41, 5.74) is 3.36. The molecule has 0 amide bonds. The quantitative estimate of drug-likeness (QED) is 0.718. The van der Waals surface area contributed by atoms with E-state index in [-0.39, 0.29) is 0 Å². The van der Waals surface area contributed by atoms with E-state index in [1.807, 2.05) is 49.1 Å². The van der Waals surface area contributed by atoms with Crippen molar-refractivity contribution in [3.8, 4) is 5.82 Å². The average Bonchev–Trinajstić information content (AvgIpc) is 3.02. The molecule has 0 atom stereocenters. The molecule has 7 nitrogen and oxygen atoms in total. The van der Waals surface area contributed by atoms with Crippen LogP contribution in [0.4, 0.5) is 5.82 Å². The van der Waals surface area contributed by atoms with Crippen molar-refractivity contribution in [1.82, 2.24) is 29.9 Å². The predicted molar refractivity (Wildman–Crippen MR) is 100 cm³/mol. The van der Waals surface area contributed by atoms with Gasteiger partial charge in [-0.05, 0) is 49.7 Å². The van der Waals surface area contributed by atoms with Crippen LogP contribution in [0.5, 0.6) is 0 Å². The van der Waals surface area contributed by atoms with Gasteiger partial charge < -0.3 is 4.90 Å². The number of hydrogen-bond donors (Lipinski definition) is 0. The van der Waals surface area contributed by atoms with Crippen LogP contribution in [0.25, 0.3) is 5.82 Å². The SMILES string of the molecule is Cc1cc(C)n(-c2ccc(N3CCN(Cc4ccncc4)CC3)nn2)n1. The lowest BCUT2D eigenvalue weighted by atomic mass is 10.2. The highest BCUT2D eigenvalue weighted by Crippen LogP contribution is 2.16. The third-order valence-corrected chi connectivity index (χ3v) is 4.71. The summed E-state index contributed by atoms with van der Waals surface area (Å²) >= 11 is 0. The molecular weight excluding hydrogens is 326 g/mol. The molecule has 134 valence electrons. The van der Waals surface area contributed by atoms with Crippen LogP contribution in [-0.4, -0.2) is 56.0 Å². The zero-order valence-corrected chi connectivity index (χ0v) is 15.2. The van der Waals surface area contributed by atoms with Crippen LogP contribution in [0.15, 0.2) is 42.7 Å². The summed E-state index contributed by atoms with van der Waals surface area (Å²) in [4.78, 5) is 8.83. The summed E-state index contributed by atoms with van der Waals surface area (Å²) in [7, 11) is 0. The van der Waals surface area contributed by atoms with Gasteiger partial charge in [-0.25, -0.2) is 4.68 Å². The van der Waals surface area contributed by atoms with Gasteiger partial charge in [0.1, 0.15) is 0 Å². The second-order valence-corrected chi connectivity index (χ2v) is 6.71. The van der Waals surface area contributed by atoms with Gasteiger partial charge in [0.05, 0.1) is 5.69 Å². The Labute approximate surface area is 153 Å². The molecule has 3 aromatic heterocycles. The van der Waals surface area contributed by atoms with Crippen molar-refractivity contribution in [1.29, 1.82) is 0 Å². The van der Waals surface area contributed by atoms with Crippen LogP contribution in [0.3, 0.4) is 0 Å². The molecule has 0 unspecified atom stereocenters. The lowest BCUT2D eigenvalue weighted by molar-refractivity contribution is 0.249. The van der Waals surface area contributed by atoms with Gasteiger partial charge >= 0.3 is 0 Å². The molecule has 1 saturated heterocycles. The number of piperazine rings is 1. The molecule has 3 aromatic rings. The second-order valence-electron chi connectivity index (χ2n) is 6.71. The maximum atomic E-state index is 4.46. The fourth-order valence-corrected chi connectivity index (χ4v) is 3.34. The van der Waals surface area contributed by atoms with Crippen molar-refractivity contribution in [2.24, 2.45) is 0 Å². The summed E-state index contributed by atoms with van der Waals surface area (Å²) in [5, 5.41) is 13.3. The number of hydrogen-bond acceptors (Lipinski definition) is 6. The first kappa shape index (κ1) is 16.7. The molecule has 0 aromatic carbocycles. The van der Waals surface area contributed by atoms with Crippen molar-refractivity contribution in [3.05, 3.63) is 59.7 Å². The molecule has 0 bridgehead atoms. The van der Waals surface area contributed by atoms with Gasteiger partial charge in [-0.2, -0.15) is 5.10 Å². The summed E-state index contributed by atoms with van der Waals surface area (Å²) < 4.78 is 1.83. The number of pyridine rings is 1. The van der Waals surface area contributed by atoms with Crippen LogP contribution in [0.1, 0.15) is 17.0 Å². The van der Waals surface area contributed by atoms with E-state index in [0.717, 1.165) is 55.7 Å². The average molecular weight is 349 g/mol. The minimum absolute atomic E-state index is 0.760. The third kappa shape index (κ3) is 3.57. The molecule has 0 spiro atoms. The van der Waals surface area contributed by atoms with E-state index in [1.165, 1.54) is 5.56 Å². The highest BCUT2D eigenvalue weighted by molar-refractivity contribution is 5.40. The van der Waals surface area contributed by atoms with Gasteiger partial charge in [-0.1, -0.05) is 0 Å². The summed E-state index contributed by atoms with van der Waals surface area (Å²) in [6.45, 7) is 8.93. The van der Waals surface area contributed by atoms with Crippen LogP contribution >= 0.6 is 0 Å². The monoisotopic (exact) mass is 349 g/mol. The predicted octanol–water partition coefficient (Wildman–Crippen LogP) is 2.00. The first-order chi connectivity index (χ1) is 12.7. The highest BCUT2D eigenvalue weighted by Gasteiger charge is 2.18. The maximum absolute atomic E-state index is 4.46. The van der Waals surface area contributed by atoms with Crippen LogP contribution in [0, 0.1) is 13.8 Å². The van der Waals surface area contributed by atoms with Gasteiger partial charge in [-0.15, -0.1) is 10.2 Å². The number of nitrogens with zero attached hydrogens (tertiary/aromatic N) is 7. The third-order valence-electron chi connectivity index (χ3n) is 4.71.